The van der Waals surface area contributed by atoms with Gasteiger partial charge in [-0.3, -0.25) is 9.59 Å². The average molecular weight is 892 g/mol. The van der Waals surface area contributed by atoms with Gasteiger partial charge in [-0.25, -0.2) is 0 Å². The maximum atomic E-state index is 13.2. The fourth-order valence-electron chi connectivity index (χ4n) is 7.68. The van der Waals surface area contributed by atoms with E-state index in [2.05, 4.69) is 99.0 Å². The Morgan fingerprint density at radius 3 is 1.36 bits per heavy atom. The molecule has 0 fully saturated rings. The van der Waals surface area contributed by atoms with Crippen LogP contribution in [0.25, 0.3) is 0 Å². The summed E-state index contributed by atoms with van der Waals surface area (Å²) in [5, 5.41) is 23.7. The number of hydrogen-bond acceptors (Lipinski definition) is 5. The molecule has 0 saturated heterocycles. The summed E-state index contributed by atoms with van der Waals surface area (Å²) in [6.07, 6.45) is 66.6. The van der Waals surface area contributed by atoms with Gasteiger partial charge in [0, 0.05) is 12.8 Å². The van der Waals surface area contributed by atoms with E-state index in [-0.39, 0.29) is 24.9 Å². The highest BCUT2D eigenvalue weighted by Crippen LogP contribution is 2.16. The first-order valence-corrected chi connectivity index (χ1v) is 26.8. The van der Waals surface area contributed by atoms with Crippen LogP contribution in [0.4, 0.5) is 0 Å². The zero-order valence-corrected chi connectivity index (χ0v) is 41.9. The van der Waals surface area contributed by atoms with Gasteiger partial charge in [0.25, 0.3) is 0 Å². The van der Waals surface area contributed by atoms with E-state index in [1.807, 2.05) is 12.2 Å². The Bertz CT molecular complexity index is 1230. The average Bonchev–Trinajstić information content (AvgIpc) is 3.29. The van der Waals surface area contributed by atoms with E-state index in [0.29, 0.717) is 19.3 Å². The van der Waals surface area contributed by atoms with Gasteiger partial charge < -0.3 is 20.3 Å². The normalized spacial score (nSPS) is 13.9. The third-order valence-corrected chi connectivity index (χ3v) is 11.7. The molecule has 0 saturated carbocycles. The van der Waals surface area contributed by atoms with Crippen molar-refractivity contribution in [2.45, 2.75) is 264 Å². The number of carbonyl (C=O) groups is 2. The number of allylic oxidation sites excluding steroid dienone is 13. The first-order valence-electron chi connectivity index (χ1n) is 26.8. The first-order chi connectivity index (χ1) is 31.5. The van der Waals surface area contributed by atoms with Crippen molar-refractivity contribution < 1.29 is 24.5 Å². The highest BCUT2D eigenvalue weighted by Gasteiger charge is 2.23. The molecule has 64 heavy (non-hydrogen) atoms. The number of aliphatic hydroxyl groups excluding tert-OH is 2. The second-order valence-electron chi connectivity index (χ2n) is 17.9. The Kier molecular flexibility index (Phi) is 48.7. The zero-order valence-electron chi connectivity index (χ0n) is 41.9. The van der Waals surface area contributed by atoms with Crippen LogP contribution in [0.5, 0.6) is 0 Å². The molecule has 3 N–H and O–H groups in total. The van der Waals surface area contributed by atoms with Crippen molar-refractivity contribution in [2.24, 2.45) is 0 Å². The number of amides is 1. The van der Waals surface area contributed by atoms with Gasteiger partial charge in [0.05, 0.1) is 25.2 Å². The van der Waals surface area contributed by atoms with Gasteiger partial charge in [0.1, 0.15) is 6.10 Å². The zero-order chi connectivity index (χ0) is 46.7. The Labute approximate surface area is 395 Å². The Morgan fingerprint density at radius 1 is 0.500 bits per heavy atom. The van der Waals surface area contributed by atoms with E-state index in [1.165, 1.54) is 109 Å². The summed E-state index contributed by atoms with van der Waals surface area (Å²) in [5.74, 6) is -0.599. The fourth-order valence-corrected chi connectivity index (χ4v) is 7.68. The Hall–Kier alpha value is -2.96. The van der Waals surface area contributed by atoms with Crippen LogP contribution in [0.3, 0.4) is 0 Å². The van der Waals surface area contributed by atoms with Gasteiger partial charge in [0.15, 0.2) is 0 Å². The van der Waals surface area contributed by atoms with E-state index in [4.69, 9.17) is 4.74 Å². The number of nitrogens with one attached hydrogen (secondary N) is 1. The van der Waals surface area contributed by atoms with Crippen molar-refractivity contribution in [3.63, 3.8) is 0 Å². The van der Waals surface area contributed by atoms with Crippen molar-refractivity contribution in [1.82, 2.24) is 5.32 Å². The molecule has 0 aliphatic heterocycles. The standard InChI is InChI=1S/C58H101NO5/c1-4-7-10-13-16-19-22-25-27-28-29-31-33-36-39-42-45-48-51-58(63)64-54(49-46-43-40-37-34-32-30-26-23-20-17-14-11-8-5-2)52-57(62)59-55(53-60)56(61)50-47-44-41-38-35-24-21-18-15-12-9-6-3/h8,11,17,20,26-31,34,37,43,46,54-56,60-61H,4-7,9-10,12-16,18-19,21-25,32-33,35-36,38-42,44-45,47-53H2,1-3H3,(H,59,62)/b11-8-,20-17-,28-27+,30-26-,31-29+,37-34-,46-43-. The summed E-state index contributed by atoms with van der Waals surface area (Å²) >= 11 is 0. The van der Waals surface area contributed by atoms with Gasteiger partial charge in [-0.1, -0.05) is 241 Å². The van der Waals surface area contributed by atoms with Crippen LogP contribution in [-0.2, 0) is 14.3 Å². The molecule has 3 atom stereocenters. The molecule has 6 heteroatoms. The number of ether oxygens (including phenoxy) is 1. The van der Waals surface area contributed by atoms with Crippen LogP contribution >= 0.6 is 0 Å². The van der Waals surface area contributed by atoms with Crippen LogP contribution in [0.15, 0.2) is 85.1 Å². The molecule has 3 unspecified atom stereocenters. The second kappa shape index (κ2) is 51.0. The number of hydrogen-bond donors (Lipinski definition) is 3. The molecule has 6 nitrogen and oxygen atoms in total. The first kappa shape index (κ1) is 61.0. The topological polar surface area (TPSA) is 95.9 Å². The van der Waals surface area contributed by atoms with Crippen LogP contribution in [-0.4, -0.2) is 46.9 Å². The summed E-state index contributed by atoms with van der Waals surface area (Å²) in [6.45, 7) is 6.33. The SMILES string of the molecule is CC/C=C\C/C=C\C/C=C\C/C=C\C/C=C\CC(CC(=O)NC(CO)C(O)CCCCCCCCCCCCCC)OC(=O)CCCCCCC/C=C/C=C/CCCCCCCCC. The maximum Gasteiger partial charge on any atom is 0.306 e. The molecule has 0 rings (SSSR count). The molecular formula is C58H101NO5. The largest absolute Gasteiger partial charge is 0.461 e. The minimum absolute atomic E-state index is 0.0102. The van der Waals surface area contributed by atoms with Gasteiger partial charge in [0.2, 0.25) is 5.91 Å². The van der Waals surface area contributed by atoms with E-state index < -0.39 is 18.2 Å². The molecule has 368 valence electrons. The number of aliphatic hydroxyl groups is 2. The highest BCUT2D eigenvalue weighted by molar-refractivity contribution is 5.77. The minimum Gasteiger partial charge on any atom is -0.461 e. The van der Waals surface area contributed by atoms with Crippen LogP contribution in [0.2, 0.25) is 0 Å². The number of unbranched alkanes of at least 4 members (excludes halogenated alkanes) is 23. The highest BCUT2D eigenvalue weighted by atomic mass is 16.5. The lowest BCUT2D eigenvalue weighted by Gasteiger charge is -2.24. The van der Waals surface area contributed by atoms with Gasteiger partial charge in [-0.15, -0.1) is 0 Å². The summed E-state index contributed by atoms with van der Waals surface area (Å²) < 4.78 is 5.87. The second-order valence-corrected chi connectivity index (χ2v) is 17.9. The smallest absolute Gasteiger partial charge is 0.306 e. The molecule has 1 amide bonds. The predicted octanol–water partition coefficient (Wildman–Crippen LogP) is 16.3. The third kappa shape index (κ3) is 45.6. The Balaban J connectivity index is 4.73. The van der Waals surface area contributed by atoms with Crippen molar-refractivity contribution in [2.75, 3.05) is 6.61 Å². The van der Waals surface area contributed by atoms with Crippen molar-refractivity contribution in [1.29, 1.82) is 0 Å². The fraction of sp³-hybridized carbons (Fsp3) is 0.724. The van der Waals surface area contributed by atoms with E-state index in [0.717, 1.165) is 89.9 Å². The minimum atomic E-state index is -0.818. The predicted molar refractivity (Wildman–Crippen MR) is 278 cm³/mol. The molecule has 0 spiro atoms. The number of carbonyl (C=O) groups excluding carboxylic acids is 2. The molecule has 0 radical (unpaired) electrons. The molecular weight excluding hydrogens is 791 g/mol. The molecule has 0 aromatic rings. The molecule has 0 aromatic carbocycles. The van der Waals surface area contributed by atoms with Crippen molar-refractivity contribution >= 4 is 11.9 Å². The molecule has 0 heterocycles. The Morgan fingerprint density at radius 2 is 0.906 bits per heavy atom. The van der Waals surface area contributed by atoms with Gasteiger partial charge in [-0.2, -0.15) is 0 Å². The summed E-state index contributed by atoms with van der Waals surface area (Å²) in [5.41, 5.74) is 0. The van der Waals surface area contributed by atoms with E-state index >= 15 is 0 Å². The maximum absolute atomic E-state index is 13.2. The summed E-state index contributed by atoms with van der Waals surface area (Å²) in [6, 6.07) is -0.739. The third-order valence-electron chi connectivity index (χ3n) is 11.7. The molecule has 0 bridgehead atoms. The van der Waals surface area contributed by atoms with Crippen molar-refractivity contribution in [3.8, 4) is 0 Å². The number of esters is 1. The van der Waals surface area contributed by atoms with Crippen LogP contribution < -0.4 is 5.32 Å². The lowest BCUT2D eigenvalue weighted by Crippen LogP contribution is -2.46. The molecule has 0 aliphatic rings. The van der Waals surface area contributed by atoms with Crippen molar-refractivity contribution in [3.05, 3.63) is 85.1 Å². The van der Waals surface area contributed by atoms with E-state index in [9.17, 15) is 19.8 Å². The van der Waals surface area contributed by atoms with Crippen LogP contribution in [0, 0.1) is 0 Å². The number of rotatable bonds is 47. The quantitative estimate of drug-likeness (QED) is 0.0245. The van der Waals surface area contributed by atoms with E-state index in [1.54, 1.807) is 0 Å². The molecule has 0 aromatic heterocycles. The van der Waals surface area contributed by atoms with Crippen LogP contribution in [0.1, 0.15) is 245 Å². The van der Waals surface area contributed by atoms with Gasteiger partial charge >= 0.3 is 5.97 Å². The van der Waals surface area contributed by atoms with Gasteiger partial charge in [-0.05, 0) is 70.6 Å². The monoisotopic (exact) mass is 892 g/mol. The molecule has 0 aliphatic carbocycles. The summed E-state index contributed by atoms with van der Waals surface area (Å²) in [7, 11) is 0. The lowest BCUT2D eigenvalue weighted by molar-refractivity contribution is -0.150. The lowest BCUT2D eigenvalue weighted by atomic mass is 10.0. The summed E-state index contributed by atoms with van der Waals surface area (Å²) in [4.78, 5) is 26.1.